The van der Waals surface area contributed by atoms with Crippen LogP contribution in [0, 0.1) is 6.92 Å². The number of rotatable bonds is 4. The molecular weight excluding hydrogens is 390 g/mol. The van der Waals surface area contributed by atoms with Gasteiger partial charge in [0.1, 0.15) is 17.0 Å². The highest BCUT2D eigenvalue weighted by atomic mass is 16.3. The van der Waals surface area contributed by atoms with E-state index < -0.39 is 5.54 Å². The molecule has 2 aromatic heterocycles. The average Bonchev–Trinajstić information content (AvgIpc) is 3.29. The Bertz CT molecular complexity index is 1120. The van der Waals surface area contributed by atoms with Crippen LogP contribution in [0.2, 0.25) is 0 Å². The summed E-state index contributed by atoms with van der Waals surface area (Å²) in [7, 11) is 0. The molecule has 1 atom stereocenters. The van der Waals surface area contributed by atoms with Crippen LogP contribution < -0.4 is 5.32 Å². The van der Waals surface area contributed by atoms with Gasteiger partial charge < -0.3 is 19.2 Å². The van der Waals surface area contributed by atoms with E-state index in [-0.39, 0.29) is 17.9 Å². The molecule has 6 nitrogen and oxygen atoms in total. The minimum atomic E-state index is -0.992. The van der Waals surface area contributed by atoms with Crippen molar-refractivity contribution in [3.8, 4) is 0 Å². The summed E-state index contributed by atoms with van der Waals surface area (Å²) in [6, 6.07) is 13.8. The molecule has 162 valence electrons. The first-order valence-corrected chi connectivity index (χ1v) is 11.2. The molecule has 31 heavy (non-hydrogen) atoms. The Kier molecular flexibility index (Phi) is 4.88. The van der Waals surface area contributed by atoms with E-state index in [1.54, 1.807) is 11.0 Å². The summed E-state index contributed by atoms with van der Waals surface area (Å²) in [5.74, 6) is 0.588. The third kappa shape index (κ3) is 3.44. The molecule has 1 aliphatic carbocycles. The number of amides is 2. The molecule has 3 aromatic rings. The van der Waals surface area contributed by atoms with Crippen LogP contribution in [-0.4, -0.2) is 32.9 Å². The van der Waals surface area contributed by atoms with Gasteiger partial charge in [-0.15, -0.1) is 0 Å². The third-order valence-corrected chi connectivity index (χ3v) is 6.85. The predicted molar refractivity (Wildman–Crippen MR) is 119 cm³/mol. The number of nitrogens with zero attached hydrogens (tertiary/aromatic N) is 2. The molecule has 0 saturated heterocycles. The zero-order valence-corrected chi connectivity index (χ0v) is 18.2. The molecule has 0 spiro atoms. The lowest BCUT2D eigenvalue weighted by Gasteiger charge is -2.44. The Balaban J connectivity index is 1.54. The average molecular weight is 420 g/mol. The van der Waals surface area contributed by atoms with Gasteiger partial charge in [-0.2, -0.15) is 0 Å². The van der Waals surface area contributed by atoms with E-state index in [1.165, 1.54) is 6.42 Å². The highest BCUT2D eigenvalue weighted by molar-refractivity contribution is 6.03. The fourth-order valence-electron chi connectivity index (χ4n) is 5.06. The van der Waals surface area contributed by atoms with Crippen LogP contribution in [0.15, 0.2) is 46.9 Å². The maximum absolute atomic E-state index is 13.7. The second kappa shape index (κ2) is 7.59. The molecule has 0 bridgehead atoms. The summed E-state index contributed by atoms with van der Waals surface area (Å²) in [5.41, 5.74) is 2.16. The van der Waals surface area contributed by atoms with Crippen LogP contribution in [0.1, 0.15) is 60.8 Å². The van der Waals surface area contributed by atoms with Crippen molar-refractivity contribution in [2.45, 2.75) is 70.6 Å². The van der Waals surface area contributed by atoms with E-state index in [9.17, 15) is 9.59 Å². The van der Waals surface area contributed by atoms with E-state index in [4.69, 9.17) is 4.42 Å². The van der Waals surface area contributed by atoms with Gasteiger partial charge >= 0.3 is 0 Å². The highest BCUT2D eigenvalue weighted by Crippen LogP contribution is 2.35. The maximum atomic E-state index is 13.7. The Hall–Kier alpha value is -3.02. The highest BCUT2D eigenvalue weighted by Gasteiger charge is 2.48. The third-order valence-electron chi connectivity index (χ3n) is 6.85. The number of hydrogen-bond donors (Lipinski definition) is 1. The summed E-state index contributed by atoms with van der Waals surface area (Å²) in [4.78, 5) is 29.1. The van der Waals surface area contributed by atoms with Gasteiger partial charge in [0, 0.05) is 24.7 Å². The van der Waals surface area contributed by atoms with Gasteiger partial charge in [0.05, 0.1) is 12.1 Å². The van der Waals surface area contributed by atoms with E-state index >= 15 is 0 Å². The number of hydrogen-bond acceptors (Lipinski definition) is 3. The van der Waals surface area contributed by atoms with Crippen molar-refractivity contribution in [1.29, 1.82) is 0 Å². The van der Waals surface area contributed by atoms with E-state index in [1.807, 2.05) is 54.8 Å². The minimum absolute atomic E-state index is 0.0728. The van der Waals surface area contributed by atoms with Crippen LogP contribution in [0.5, 0.6) is 0 Å². The first-order chi connectivity index (χ1) is 15.0. The molecule has 5 rings (SSSR count). The van der Waals surface area contributed by atoms with Crippen LogP contribution in [0.3, 0.4) is 0 Å². The number of carbonyl (C=O) groups excluding carboxylic acids is 2. The normalized spacial score (nSPS) is 22.0. The van der Waals surface area contributed by atoms with Crippen LogP contribution in [0.4, 0.5) is 0 Å². The predicted octanol–water partition coefficient (Wildman–Crippen LogP) is 4.41. The second-order valence-electron chi connectivity index (χ2n) is 9.18. The second-order valence-corrected chi connectivity index (χ2v) is 9.18. The molecule has 3 heterocycles. The number of aromatic nitrogens is 1. The van der Waals surface area contributed by atoms with Gasteiger partial charge in [-0.25, -0.2) is 0 Å². The van der Waals surface area contributed by atoms with Crippen molar-refractivity contribution in [2.75, 3.05) is 0 Å². The molecule has 1 N–H and O–H groups in total. The van der Waals surface area contributed by atoms with Gasteiger partial charge in [-0.05, 0) is 32.3 Å². The number of carbonyl (C=O) groups is 2. The SMILES string of the molecule is Cc1cc2c(cc3n2C[C@@](C)(C(=O)NC2CCCCC2)N(Cc2ccccc2)C3=O)o1. The van der Waals surface area contributed by atoms with Crippen LogP contribution in [0.25, 0.3) is 11.1 Å². The smallest absolute Gasteiger partial charge is 0.271 e. The summed E-state index contributed by atoms with van der Waals surface area (Å²) in [6.45, 7) is 4.59. The summed E-state index contributed by atoms with van der Waals surface area (Å²) < 4.78 is 7.74. The largest absolute Gasteiger partial charge is 0.460 e. The van der Waals surface area contributed by atoms with E-state index in [2.05, 4.69) is 5.32 Å². The standard InChI is InChI=1S/C25H29N3O3/c1-17-13-20-22(31-17)14-21-23(29)28(15-18-9-5-3-6-10-18)25(2,16-27(20)21)24(30)26-19-11-7-4-8-12-19/h3,5-6,9-10,13-14,19H,4,7-8,11-12,15-16H2,1-2H3,(H,26,30)/t25-/m0/s1. The first kappa shape index (κ1) is 19.9. The van der Waals surface area contributed by atoms with Crippen LogP contribution in [-0.2, 0) is 17.9 Å². The fourth-order valence-corrected chi connectivity index (χ4v) is 5.06. The lowest BCUT2D eigenvalue weighted by atomic mass is 9.91. The van der Waals surface area contributed by atoms with Crippen molar-refractivity contribution in [2.24, 2.45) is 0 Å². The number of aryl methyl sites for hydroxylation is 1. The van der Waals surface area contributed by atoms with Gasteiger partial charge in [-0.3, -0.25) is 9.59 Å². The summed E-state index contributed by atoms with van der Waals surface area (Å²) in [6.07, 6.45) is 5.53. The molecule has 2 amide bonds. The summed E-state index contributed by atoms with van der Waals surface area (Å²) in [5, 5.41) is 3.27. The van der Waals surface area contributed by atoms with Gasteiger partial charge in [-0.1, -0.05) is 49.6 Å². The van der Waals surface area contributed by atoms with Gasteiger partial charge in [0.25, 0.3) is 5.91 Å². The van der Waals surface area contributed by atoms with E-state index in [0.29, 0.717) is 24.4 Å². The Morgan fingerprint density at radius 3 is 2.65 bits per heavy atom. The Morgan fingerprint density at radius 1 is 1.16 bits per heavy atom. The van der Waals surface area contributed by atoms with Crippen LogP contribution >= 0.6 is 0 Å². The van der Waals surface area contributed by atoms with Crippen molar-refractivity contribution < 1.29 is 14.0 Å². The lowest BCUT2D eigenvalue weighted by molar-refractivity contribution is -0.134. The molecular formula is C25H29N3O3. The minimum Gasteiger partial charge on any atom is -0.460 e. The molecule has 2 aliphatic rings. The molecule has 0 unspecified atom stereocenters. The molecule has 1 aliphatic heterocycles. The Labute approximate surface area is 182 Å². The maximum Gasteiger partial charge on any atom is 0.271 e. The zero-order valence-electron chi connectivity index (χ0n) is 18.2. The first-order valence-electron chi connectivity index (χ1n) is 11.2. The summed E-state index contributed by atoms with van der Waals surface area (Å²) >= 11 is 0. The number of fused-ring (bicyclic) bond motifs is 3. The molecule has 0 radical (unpaired) electrons. The van der Waals surface area contributed by atoms with Crippen molar-refractivity contribution in [3.63, 3.8) is 0 Å². The molecule has 1 aromatic carbocycles. The van der Waals surface area contributed by atoms with Crippen molar-refractivity contribution >= 4 is 22.9 Å². The van der Waals surface area contributed by atoms with Crippen molar-refractivity contribution in [1.82, 2.24) is 14.8 Å². The quantitative estimate of drug-likeness (QED) is 0.681. The molecule has 1 saturated carbocycles. The Morgan fingerprint density at radius 2 is 1.90 bits per heavy atom. The van der Waals surface area contributed by atoms with E-state index in [0.717, 1.165) is 42.5 Å². The topological polar surface area (TPSA) is 67.5 Å². The number of benzene rings is 1. The fraction of sp³-hybridized carbons (Fsp3) is 0.440. The lowest BCUT2D eigenvalue weighted by Crippen LogP contribution is -2.64. The molecule has 6 heteroatoms. The number of furan rings is 1. The van der Waals surface area contributed by atoms with Gasteiger partial charge in [0.15, 0.2) is 5.58 Å². The zero-order chi connectivity index (χ0) is 21.6. The molecule has 1 fully saturated rings. The van der Waals surface area contributed by atoms with Gasteiger partial charge in [0.2, 0.25) is 5.91 Å². The number of nitrogens with one attached hydrogen (secondary N) is 1. The van der Waals surface area contributed by atoms with Crippen molar-refractivity contribution in [3.05, 3.63) is 59.5 Å². The monoisotopic (exact) mass is 419 g/mol.